The topological polar surface area (TPSA) is 67.9 Å². The smallest absolute Gasteiger partial charge is 0.329 e. The molecule has 0 bridgehead atoms. The number of fused-ring (bicyclic) bond motifs is 1. The van der Waals surface area contributed by atoms with Crippen LogP contribution in [0.5, 0.6) is 11.5 Å². The highest BCUT2D eigenvalue weighted by Crippen LogP contribution is 2.36. The second-order valence-electron chi connectivity index (χ2n) is 8.92. The van der Waals surface area contributed by atoms with E-state index in [4.69, 9.17) is 9.47 Å². The minimum atomic E-state index is -0.329. The van der Waals surface area contributed by atoms with Gasteiger partial charge in [0, 0.05) is 6.04 Å². The van der Waals surface area contributed by atoms with Gasteiger partial charge < -0.3 is 14.8 Å². The first-order valence-electron chi connectivity index (χ1n) is 11.9. The molecule has 6 nitrogen and oxygen atoms in total. The monoisotopic (exact) mass is 582 g/mol. The number of ether oxygens (including phenoxy) is 2. The van der Waals surface area contributed by atoms with Crippen LogP contribution in [0.25, 0.3) is 16.8 Å². The number of amides is 3. The molecule has 0 radical (unpaired) electrons. The van der Waals surface area contributed by atoms with Crippen molar-refractivity contribution in [2.75, 3.05) is 7.11 Å². The molecule has 1 saturated heterocycles. The van der Waals surface area contributed by atoms with Crippen LogP contribution in [0.15, 0.2) is 60.3 Å². The molecule has 1 aliphatic heterocycles. The zero-order valence-electron chi connectivity index (χ0n) is 19.6. The number of methoxy groups -OCH3 is 1. The van der Waals surface area contributed by atoms with Gasteiger partial charge in [0.15, 0.2) is 11.5 Å². The van der Waals surface area contributed by atoms with Crippen LogP contribution in [0.2, 0.25) is 0 Å². The summed E-state index contributed by atoms with van der Waals surface area (Å²) in [4.78, 5) is 27.0. The molecule has 3 aromatic rings. The highest BCUT2D eigenvalue weighted by Gasteiger charge is 2.39. The lowest BCUT2D eigenvalue weighted by Crippen LogP contribution is -2.41. The van der Waals surface area contributed by atoms with E-state index in [0.29, 0.717) is 23.8 Å². The van der Waals surface area contributed by atoms with E-state index in [0.717, 1.165) is 52.2 Å². The van der Waals surface area contributed by atoms with Gasteiger partial charge >= 0.3 is 6.03 Å². The highest BCUT2D eigenvalue weighted by molar-refractivity contribution is 14.1. The van der Waals surface area contributed by atoms with Gasteiger partial charge in [-0.1, -0.05) is 61.7 Å². The van der Waals surface area contributed by atoms with Crippen molar-refractivity contribution in [3.05, 3.63) is 75.0 Å². The number of nitrogens with one attached hydrogen (secondary N) is 1. The van der Waals surface area contributed by atoms with Gasteiger partial charge in [-0.3, -0.25) is 9.69 Å². The summed E-state index contributed by atoms with van der Waals surface area (Å²) in [7, 11) is 1.60. The summed E-state index contributed by atoms with van der Waals surface area (Å²) in [6.45, 7) is 0.402. The zero-order valence-corrected chi connectivity index (χ0v) is 21.7. The van der Waals surface area contributed by atoms with E-state index in [2.05, 4.69) is 52.2 Å². The van der Waals surface area contributed by atoms with Gasteiger partial charge in [-0.05, 0) is 75.5 Å². The summed E-state index contributed by atoms with van der Waals surface area (Å²) in [5, 5.41) is 5.08. The fourth-order valence-corrected chi connectivity index (χ4v) is 5.70. The van der Waals surface area contributed by atoms with Crippen LogP contribution < -0.4 is 14.8 Å². The average Bonchev–Trinajstić information content (AvgIpc) is 3.15. The van der Waals surface area contributed by atoms with Crippen molar-refractivity contribution in [3.8, 4) is 11.5 Å². The predicted octanol–water partition coefficient (Wildman–Crippen LogP) is 6.26. The van der Waals surface area contributed by atoms with E-state index in [-0.39, 0.29) is 18.0 Å². The van der Waals surface area contributed by atoms with Crippen LogP contribution in [0.4, 0.5) is 4.79 Å². The quantitative estimate of drug-likeness (QED) is 0.212. The summed E-state index contributed by atoms with van der Waals surface area (Å²) in [5.41, 5.74) is 2.15. The summed E-state index contributed by atoms with van der Waals surface area (Å²) >= 11 is 2.21. The first-order valence-corrected chi connectivity index (χ1v) is 13.0. The molecule has 1 heterocycles. The number of halogens is 1. The molecule has 0 spiro atoms. The fraction of sp³-hybridized carbons (Fsp3) is 0.286. The van der Waals surface area contributed by atoms with Crippen LogP contribution in [0.3, 0.4) is 0 Å². The van der Waals surface area contributed by atoms with Gasteiger partial charge in [-0.25, -0.2) is 4.79 Å². The average molecular weight is 582 g/mol. The van der Waals surface area contributed by atoms with Crippen LogP contribution in [0, 0.1) is 3.57 Å². The molecule has 5 rings (SSSR count). The molecule has 3 amide bonds. The lowest BCUT2D eigenvalue weighted by molar-refractivity contribution is -0.124. The van der Waals surface area contributed by atoms with E-state index in [1.165, 1.54) is 10.3 Å². The van der Waals surface area contributed by atoms with E-state index < -0.39 is 0 Å². The molecular formula is C28H27IN2O4. The fourth-order valence-electron chi connectivity index (χ4n) is 4.92. The van der Waals surface area contributed by atoms with Gasteiger partial charge in [0.1, 0.15) is 12.3 Å². The van der Waals surface area contributed by atoms with E-state index in [1.54, 1.807) is 13.2 Å². The third-order valence-electron chi connectivity index (χ3n) is 6.66. The number of hydrogen-bond acceptors (Lipinski definition) is 4. The number of hydrogen-bond donors (Lipinski definition) is 1. The van der Waals surface area contributed by atoms with Crippen LogP contribution in [0.1, 0.15) is 43.2 Å². The van der Waals surface area contributed by atoms with Crippen molar-refractivity contribution < 1.29 is 19.1 Å². The second kappa shape index (κ2) is 10.3. The molecule has 0 unspecified atom stereocenters. The number of carbonyl (C=O) groups excluding carboxylic acids is 2. The van der Waals surface area contributed by atoms with Crippen LogP contribution in [-0.4, -0.2) is 30.0 Å². The molecule has 180 valence electrons. The van der Waals surface area contributed by atoms with Crippen molar-refractivity contribution in [2.24, 2.45) is 0 Å². The Balaban J connectivity index is 1.37. The van der Waals surface area contributed by atoms with Gasteiger partial charge in [0.25, 0.3) is 5.91 Å². The Morgan fingerprint density at radius 1 is 1.06 bits per heavy atom. The normalized spacial score (nSPS) is 17.8. The summed E-state index contributed by atoms with van der Waals surface area (Å²) in [5.74, 6) is 0.964. The molecule has 35 heavy (non-hydrogen) atoms. The summed E-state index contributed by atoms with van der Waals surface area (Å²) in [6.07, 6.45) is 6.73. The molecule has 1 saturated carbocycles. The van der Waals surface area contributed by atoms with Gasteiger partial charge in [0.05, 0.1) is 10.7 Å². The maximum absolute atomic E-state index is 13.0. The maximum atomic E-state index is 13.0. The SMILES string of the molecule is COc1cc(/C=C2\NC(=O)N(C3CCCCC3)C2=O)cc(I)c1OCc1cccc2ccccc12. The molecule has 0 aromatic heterocycles. The van der Waals surface area contributed by atoms with Crippen LogP contribution in [-0.2, 0) is 11.4 Å². The largest absolute Gasteiger partial charge is 0.493 e. The van der Waals surface area contributed by atoms with Gasteiger partial charge in [0.2, 0.25) is 0 Å². The molecule has 1 N–H and O–H groups in total. The van der Waals surface area contributed by atoms with Crippen molar-refractivity contribution in [3.63, 3.8) is 0 Å². The van der Waals surface area contributed by atoms with E-state index in [9.17, 15) is 9.59 Å². The molecular weight excluding hydrogens is 555 g/mol. The van der Waals surface area contributed by atoms with Gasteiger partial charge in [-0.15, -0.1) is 0 Å². The standard InChI is InChI=1S/C28H27IN2O4/c1-34-25-16-18(15-24-27(32)31(28(33)30-24)21-11-3-2-4-12-21)14-23(29)26(25)35-17-20-10-7-9-19-8-5-6-13-22(19)20/h5-10,13-16,21H,2-4,11-12,17H2,1H3,(H,30,33)/b24-15-. The second-order valence-corrected chi connectivity index (χ2v) is 10.1. The van der Waals surface area contributed by atoms with E-state index in [1.807, 2.05) is 30.3 Å². The first-order chi connectivity index (χ1) is 17.0. The summed E-state index contributed by atoms with van der Waals surface area (Å²) < 4.78 is 12.7. The molecule has 3 aromatic carbocycles. The van der Waals surface area contributed by atoms with Crippen molar-refractivity contribution in [1.82, 2.24) is 10.2 Å². The Hall–Kier alpha value is -3.07. The molecule has 0 atom stereocenters. The number of imide groups is 1. The Morgan fingerprint density at radius 2 is 1.83 bits per heavy atom. The number of nitrogens with zero attached hydrogens (tertiary/aromatic N) is 1. The molecule has 7 heteroatoms. The Kier molecular flexibility index (Phi) is 6.95. The van der Waals surface area contributed by atoms with E-state index >= 15 is 0 Å². The maximum Gasteiger partial charge on any atom is 0.329 e. The van der Waals surface area contributed by atoms with Crippen LogP contribution >= 0.6 is 22.6 Å². The predicted molar refractivity (Wildman–Crippen MR) is 144 cm³/mol. The zero-order chi connectivity index (χ0) is 24.4. The van der Waals surface area contributed by atoms with Crippen molar-refractivity contribution in [1.29, 1.82) is 0 Å². The summed E-state index contributed by atoms with van der Waals surface area (Å²) in [6, 6.07) is 17.8. The Bertz CT molecular complexity index is 1310. The lowest BCUT2D eigenvalue weighted by atomic mass is 9.94. The first kappa shape index (κ1) is 23.7. The molecule has 2 fully saturated rings. The number of benzene rings is 3. The third-order valence-corrected chi connectivity index (χ3v) is 7.47. The minimum absolute atomic E-state index is 0.0123. The number of urea groups is 1. The highest BCUT2D eigenvalue weighted by atomic mass is 127. The van der Waals surface area contributed by atoms with Crippen molar-refractivity contribution in [2.45, 2.75) is 44.8 Å². The number of rotatable bonds is 6. The van der Waals surface area contributed by atoms with Gasteiger partial charge in [-0.2, -0.15) is 0 Å². The lowest BCUT2D eigenvalue weighted by Gasteiger charge is -2.28. The Morgan fingerprint density at radius 3 is 2.63 bits per heavy atom. The molecule has 1 aliphatic carbocycles. The third kappa shape index (κ3) is 4.87. The van der Waals surface area contributed by atoms with Crippen molar-refractivity contribution >= 4 is 51.4 Å². The number of carbonyl (C=O) groups is 2. The minimum Gasteiger partial charge on any atom is -0.493 e. The Labute approximate surface area is 218 Å². The molecule has 2 aliphatic rings.